The number of aromatic nitrogens is 2. The van der Waals surface area contributed by atoms with Gasteiger partial charge in [-0.3, -0.25) is 14.4 Å². The zero-order valence-corrected chi connectivity index (χ0v) is 17.7. The van der Waals surface area contributed by atoms with Crippen molar-refractivity contribution in [2.75, 3.05) is 6.61 Å². The van der Waals surface area contributed by atoms with E-state index >= 15 is 0 Å². The van der Waals surface area contributed by atoms with Crippen LogP contribution >= 0.6 is 45.2 Å². The summed E-state index contributed by atoms with van der Waals surface area (Å²) in [6, 6.07) is 1.79. The molecule has 0 saturated carbocycles. The molecule has 0 aliphatic heterocycles. The predicted molar refractivity (Wildman–Crippen MR) is 106 cm³/mol. The largest absolute Gasteiger partial charge is 0.456 e. The van der Waals surface area contributed by atoms with E-state index in [0.29, 0.717) is 12.7 Å². The van der Waals surface area contributed by atoms with Gasteiger partial charge in [-0.25, -0.2) is 0 Å². The quantitative estimate of drug-likeness (QED) is 0.324. The van der Waals surface area contributed by atoms with Crippen molar-refractivity contribution in [1.29, 1.82) is 0 Å². The van der Waals surface area contributed by atoms with Crippen LogP contribution in [0.4, 0.5) is 0 Å². The molecule has 6 nitrogen and oxygen atoms in total. The van der Waals surface area contributed by atoms with Crippen LogP contribution in [-0.4, -0.2) is 27.5 Å². The highest BCUT2D eigenvalue weighted by atomic mass is 127. The predicted octanol–water partition coefficient (Wildman–Crippen LogP) is 2.44. The first-order chi connectivity index (χ1) is 11.2. The Balaban J connectivity index is 1.99. The van der Waals surface area contributed by atoms with E-state index in [1.165, 1.54) is 0 Å². The van der Waals surface area contributed by atoms with Crippen molar-refractivity contribution in [1.82, 2.24) is 9.13 Å². The minimum atomic E-state index is -0.524. The van der Waals surface area contributed by atoms with Gasteiger partial charge in [0, 0.05) is 36.4 Å². The molecule has 2 aromatic rings. The summed E-state index contributed by atoms with van der Waals surface area (Å²) < 4.78 is 9.62. The van der Waals surface area contributed by atoms with E-state index in [1.54, 1.807) is 23.0 Å². The lowest BCUT2D eigenvalue weighted by Gasteiger charge is -2.08. The number of ether oxygens (including phenoxy) is 1. The minimum absolute atomic E-state index is 0.0492. The summed E-state index contributed by atoms with van der Waals surface area (Å²) in [5.41, 5.74) is 2.32. The van der Waals surface area contributed by atoms with E-state index in [-0.39, 0.29) is 24.4 Å². The lowest BCUT2D eigenvalue weighted by molar-refractivity contribution is -0.143. The van der Waals surface area contributed by atoms with E-state index in [4.69, 9.17) is 4.74 Å². The third-order valence-corrected chi connectivity index (χ3v) is 5.28. The molecule has 0 N–H and O–H groups in total. The van der Waals surface area contributed by atoms with Gasteiger partial charge in [-0.1, -0.05) is 0 Å². The van der Waals surface area contributed by atoms with Gasteiger partial charge in [0.1, 0.15) is 6.54 Å². The van der Waals surface area contributed by atoms with Crippen molar-refractivity contribution in [3.8, 4) is 0 Å². The van der Waals surface area contributed by atoms with E-state index in [9.17, 15) is 14.4 Å². The van der Waals surface area contributed by atoms with Crippen LogP contribution in [0, 0.1) is 21.0 Å². The van der Waals surface area contributed by atoms with Crippen LogP contribution in [0.25, 0.3) is 0 Å². The van der Waals surface area contributed by atoms with E-state index in [2.05, 4.69) is 0 Å². The van der Waals surface area contributed by atoms with Gasteiger partial charge in [-0.05, 0) is 65.1 Å². The van der Waals surface area contributed by atoms with Gasteiger partial charge < -0.3 is 13.9 Å². The monoisotopic (exact) mass is 554 g/mol. The molecule has 128 valence electrons. The molecule has 24 heavy (non-hydrogen) atoms. The first kappa shape index (κ1) is 19.2. The second kappa shape index (κ2) is 7.81. The number of ketones is 1. The first-order valence-electron chi connectivity index (χ1n) is 7.07. The fourth-order valence-corrected chi connectivity index (χ4v) is 4.02. The van der Waals surface area contributed by atoms with Crippen LogP contribution in [-0.2, 0) is 23.1 Å². The third-order valence-electron chi connectivity index (χ3n) is 3.74. The molecule has 0 unspecified atom stereocenters. The molecule has 0 aliphatic carbocycles. The Labute approximate surface area is 166 Å². The second-order valence-electron chi connectivity index (χ2n) is 5.38. The number of pyridine rings is 1. The van der Waals surface area contributed by atoms with E-state index in [0.717, 1.165) is 11.4 Å². The normalized spacial score (nSPS) is 10.7. The Bertz CT molecular complexity index is 841. The highest BCUT2D eigenvalue weighted by molar-refractivity contribution is 14.1. The molecule has 8 heteroatoms. The summed E-state index contributed by atoms with van der Waals surface area (Å²) >= 11 is 3.85. The maximum Gasteiger partial charge on any atom is 0.326 e. The number of carbonyl (C=O) groups excluding carboxylic acids is 2. The van der Waals surface area contributed by atoms with Crippen LogP contribution < -0.4 is 5.43 Å². The number of hydrogen-bond acceptors (Lipinski definition) is 4. The number of halogens is 2. The van der Waals surface area contributed by atoms with Crippen LogP contribution in [0.2, 0.25) is 0 Å². The Kier molecular flexibility index (Phi) is 6.23. The van der Waals surface area contributed by atoms with Gasteiger partial charge >= 0.3 is 5.97 Å². The number of aryl methyl sites for hydroxylation is 1. The number of esters is 1. The standard InChI is InChI=1S/C16H16I2N2O4/c1-9-4-11(10(2)19(9)3)14(21)8-24-15(22)7-20-5-12(17)16(23)13(18)6-20/h4-6H,7-8H2,1-3H3. The molecule has 0 saturated heterocycles. The lowest BCUT2D eigenvalue weighted by atomic mass is 10.1. The molecule has 0 spiro atoms. The van der Waals surface area contributed by atoms with Gasteiger partial charge in [0.15, 0.2) is 6.61 Å². The summed E-state index contributed by atoms with van der Waals surface area (Å²) in [6.07, 6.45) is 3.16. The Hall–Kier alpha value is -1.17. The average Bonchev–Trinajstić information content (AvgIpc) is 2.78. The first-order valence-corrected chi connectivity index (χ1v) is 9.23. The molecule has 2 heterocycles. The zero-order chi connectivity index (χ0) is 18.0. The molecule has 2 aromatic heterocycles. The molecule has 0 radical (unpaired) electrons. The molecule has 2 rings (SSSR count). The molecule has 0 aliphatic rings. The Morgan fingerprint density at radius 2 is 1.75 bits per heavy atom. The SMILES string of the molecule is Cc1cc(C(=O)COC(=O)Cn2cc(I)c(=O)c(I)c2)c(C)n1C. The van der Waals surface area contributed by atoms with Gasteiger partial charge in [0.05, 0.1) is 7.14 Å². The highest BCUT2D eigenvalue weighted by Crippen LogP contribution is 2.14. The summed E-state index contributed by atoms with van der Waals surface area (Å²) in [4.78, 5) is 35.8. The summed E-state index contributed by atoms with van der Waals surface area (Å²) in [7, 11) is 1.88. The summed E-state index contributed by atoms with van der Waals surface area (Å²) in [5.74, 6) is -0.752. The molecular weight excluding hydrogens is 538 g/mol. The van der Waals surface area contributed by atoms with Gasteiger partial charge in [-0.15, -0.1) is 0 Å². The minimum Gasteiger partial charge on any atom is -0.456 e. The molecule has 0 aromatic carbocycles. The van der Waals surface area contributed by atoms with Gasteiger partial charge in [0.25, 0.3) is 0 Å². The molecular formula is C16H16I2N2O4. The van der Waals surface area contributed by atoms with Crippen LogP contribution in [0.1, 0.15) is 21.7 Å². The van der Waals surface area contributed by atoms with Crippen LogP contribution in [0.15, 0.2) is 23.3 Å². The van der Waals surface area contributed by atoms with Crippen molar-refractivity contribution in [3.63, 3.8) is 0 Å². The maximum atomic E-state index is 12.2. The van der Waals surface area contributed by atoms with E-state index < -0.39 is 5.97 Å². The number of hydrogen-bond donors (Lipinski definition) is 0. The number of carbonyl (C=O) groups is 2. The van der Waals surface area contributed by atoms with Crippen molar-refractivity contribution < 1.29 is 14.3 Å². The van der Waals surface area contributed by atoms with Crippen molar-refractivity contribution in [2.24, 2.45) is 7.05 Å². The Morgan fingerprint density at radius 1 is 1.17 bits per heavy atom. The van der Waals surface area contributed by atoms with Crippen molar-refractivity contribution >= 4 is 56.9 Å². The smallest absolute Gasteiger partial charge is 0.326 e. The molecule has 0 fully saturated rings. The summed E-state index contributed by atoms with van der Waals surface area (Å²) in [6.45, 7) is 3.42. The highest BCUT2D eigenvalue weighted by Gasteiger charge is 2.16. The van der Waals surface area contributed by atoms with Gasteiger partial charge in [0.2, 0.25) is 11.2 Å². The van der Waals surface area contributed by atoms with E-state index in [1.807, 2.05) is 70.6 Å². The molecule has 0 bridgehead atoms. The fraction of sp³-hybridized carbons (Fsp3) is 0.312. The van der Waals surface area contributed by atoms with Crippen LogP contribution in [0.3, 0.4) is 0 Å². The molecule has 0 atom stereocenters. The number of rotatable bonds is 5. The Morgan fingerprint density at radius 3 is 2.25 bits per heavy atom. The number of Topliss-reactive ketones (excluding diaryl/α,β-unsaturated/α-hetero) is 1. The van der Waals surface area contributed by atoms with Crippen molar-refractivity contribution in [2.45, 2.75) is 20.4 Å². The number of nitrogens with zero attached hydrogens (tertiary/aromatic N) is 2. The molecule has 0 amide bonds. The van der Waals surface area contributed by atoms with Gasteiger partial charge in [-0.2, -0.15) is 0 Å². The van der Waals surface area contributed by atoms with Crippen LogP contribution in [0.5, 0.6) is 0 Å². The zero-order valence-electron chi connectivity index (χ0n) is 13.4. The average molecular weight is 554 g/mol. The van der Waals surface area contributed by atoms with Crippen molar-refractivity contribution in [3.05, 3.63) is 52.8 Å². The second-order valence-corrected chi connectivity index (χ2v) is 7.71. The maximum absolute atomic E-state index is 12.2. The summed E-state index contributed by atoms with van der Waals surface area (Å²) in [5, 5.41) is 0. The topological polar surface area (TPSA) is 70.3 Å². The lowest BCUT2D eigenvalue weighted by Crippen LogP contribution is -2.21. The third kappa shape index (κ3) is 4.26. The fourth-order valence-electron chi connectivity index (χ4n) is 2.21.